The highest BCUT2D eigenvalue weighted by Crippen LogP contribution is 2.16. The fraction of sp³-hybridized carbons (Fsp3) is 0.538. The van der Waals surface area contributed by atoms with E-state index in [1.165, 1.54) is 6.07 Å². The summed E-state index contributed by atoms with van der Waals surface area (Å²) in [6.07, 6.45) is 1.40. The maximum atomic E-state index is 13.2. The third-order valence-corrected chi connectivity index (χ3v) is 3.39. The summed E-state index contributed by atoms with van der Waals surface area (Å²) in [7, 11) is 0. The fourth-order valence-corrected chi connectivity index (χ4v) is 1.71. The van der Waals surface area contributed by atoms with Crippen LogP contribution in [0, 0.1) is 5.82 Å². The van der Waals surface area contributed by atoms with Gasteiger partial charge in [0.25, 0.3) is 0 Å². The molecule has 2 N–H and O–H groups in total. The lowest BCUT2D eigenvalue weighted by atomic mass is 9.97. The SMILES string of the molecule is CCC(O)(CC)CNCc1ccc(Cl)c(F)c1. The second kappa shape index (κ2) is 6.34. The van der Waals surface area contributed by atoms with Crippen LogP contribution in [0.1, 0.15) is 32.3 Å². The smallest absolute Gasteiger partial charge is 0.142 e. The molecule has 0 aromatic heterocycles. The van der Waals surface area contributed by atoms with Crippen molar-refractivity contribution in [2.45, 2.75) is 38.8 Å². The van der Waals surface area contributed by atoms with Crippen molar-refractivity contribution >= 4 is 11.6 Å². The van der Waals surface area contributed by atoms with Gasteiger partial charge >= 0.3 is 0 Å². The van der Waals surface area contributed by atoms with Crippen molar-refractivity contribution in [2.24, 2.45) is 0 Å². The van der Waals surface area contributed by atoms with Crippen LogP contribution in [-0.2, 0) is 6.54 Å². The van der Waals surface area contributed by atoms with Crippen molar-refractivity contribution < 1.29 is 9.50 Å². The quantitative estimate of drug-likeness (QED) is 0.823. The second-order valence-electron chi connectivity index (χ2n) is 4.28. The van der Waals surface area contributed by atoms with Crippen LogP contribution in [0.2, 0.25) is 5.02 Å². The predicted molar refractivity (Wildman–Crippen MR) is 68.6 cm³/mol. The zero-order valence-corrected chi connectivity index (χ0v) is 11.0. The average Bonchev–Trinajstić information content (AvgIpc) is 2.33. The van der Waals surface area contributed by atoms with Crippen LogP contribution < -0.4 is 5.32 Å². The predicted octanol–water partition coefficient (Wildman–Crippen LogP) is 3.12. The first-order chi connectivity index (χ1) is 8.00. The van der Waals surface area contributed by atoms with Gasteiger partial charge in [0.2, 0.25) is 0 Å². The van der Waals surface area contributed by atoms with Gasteiger partial charge in [-0.2, -0.15) is 0 Å². The van der Waals surface area contributed by atoms with E-state index in [-0.39, 0.29) is 5.02 Å². The number of benzene rings is 1. The molecule has 0 unspecified atom stereocenters. The van der Waals surface area contributed by atoms with Crippen LogP contribution in [0.3, 0.4) is 0 Å². The van der Waals surface area contributed by atoms with Gasteiger partial charge in [0.15, 0.2) is 0 Å². The molecule has 0 amide bonds. The van der Waals surface area contributed by atoms with Crippen LogP contribution in [0.5, 0.6) is 0 Å². The highest BCUT2D eigenvalue weighted by molar-refractivity contribution is 6.30. The molecule has 17 heavy (non-hydrogen) atoms. The number of hydrogen-bond donors (Lipinski definition) is 2. The molecule has 0 saturated heterocycles. The standard InChI is InChI=1S/C13H19ClFNO/c1-3-13(17,4-2)9-16-8-10-5-6-11(14)12(15)7-10/h5-7,16-17H,3-4,8-9H2,1-2H3. The van der Waals surface area contributed by atoms with E-state index in [1.807, 2.05) is 13.8 Å². The Hall–Kier alpha value is -0.640. The zero-order valence-electron chi connectivity index (χ0n) is 10.3. The van der Waals surface area contributed by atoms with E-state index in [9.17, 15) is 9.50 Å². The van der Waals surface area contributed by atoms with Gasteiger partial charge in [-0.15, -0.1) is 0 Å². The van der Waals surface area contributed by atoms with E-state index >= 15 is 0 Å². The number of halogens is 2. The van der Waals surface area contributed by atoms with Crippen LogP contribution in [0.15, 0.2) is 18.2 Å². The van der Waals surface area contributed by atoms with E-state index in [0.29, 0.717) is 25.9 Å². The van der Waals surface area contributed by atoms with Gasteiger partial charge < -0.3 is 10.4 Å². The Bertz CT molecular complexity index is 366. The Morgan fingerprint density at radius 2 is 2.00 bits per heavy atom. The molecule has 1 rings (SSSR count). The fourth-order valence-electron chi connectivity index (χ4n) is 1.59. The van der Waals surface area contributed by atoms with Crippen LogP contribution in [0.25, 0.3) is 0 Å². The molecule has 0 fully saturated rings. The summed E-state index contributed by atoms with van der Waals surface area (Å²) in [5.74, 6) is -0.410. The van der Waals surface area contributed by atoms with E-state index in [2.05, 4.69) is 5.32 Å². The van der Waals surface area contributed by atoms with Crippen molar-refractivity contribution in [3.63, 3.8) is 0 Å². The third kappa shape index (κ3) is 4.26. The minimum atomic E-state index is -0.676. The Morgan fingerprint density at radius 1 is 1.35 bits per heavy atom. The third-order valence-electron chi connectivity index (χ3n) is 3.08. The molecule has 4 heteroatoms. The minimum Gasteiger partial charge on any atom is -0.389 e. The maximum Gasteiger partial charge on any atom is 0.142 e. The lowest BCUT2D eigenvalue weighted by Crippen LogP contribution is -2.39. The largest absolute Gasteiger partial charge is 0.389 e. The summed E-state index contributed by atoms with van der Waals surface area (Å²) in [6, 6.07) is 4.72. The molecule has 1 aromatic rings. The Morgan fingerprint density at radius 3 is 2.53 bits per heavy atom. The molecule has 96 valence electrons. The monoisotopic (exact) mass is 259 g/mol. The van der Waals surface area contributed by atoms with Gasteiger partial charge in [-0.05, 0) is 30.5 Å². The van der Waals surface area contributed by atoms with Gasteiger partial charge in [-0.25, -0.2) is 4.39 Å². The molecular formula is C13H19ClFNO. The lowest BCUT2D eigenvalue weighted by Gasteiger charge is -2.25. The van der Waals surface area contributed by atoms with Crippen LogP contribution >= 0.6 is 11.6 Å². The number of nitrogens with one attached hydrogen (secondary N) is 1. The van der Waals surface area contributed by atoms with Gasteiger partial charge in [0.1, 0.15) is 5.82 Å². The molecule has 0 bridgehead atoms. The van der Waals surface area contributed by atoms with E-state index in [1.54, 1.807) is 12.1 Å². The first-order valence-electron chi connectivity index (χ1n) is 5.88. The van der Waals surface area contributed by atoms with Crippen molar-refractivity contribution in [3.05, 3.63) is 34.6 Å². The molecule has 0 spiro atoms. The summed E-state index contributed by atoms with van der Waals surface area (Å²) in [6.45, 7) is 4.93. The van der Waals surface area contributed by atoms with Crippen molar-refractivity contribution in [2.75, 3.05) is 6.54 Å². The first kappa shape index (κ1) is 14.4. The van der Waals surface area contributed by atoms with E-state index in [4.69, 9.17) is 11.6 Å². The van der Waals surface area contributed by atoms with Gasteiger partial charge in [-0.3, -0.25) is 0 Å². The summed E-state index contributed by atoms with van der Waals surface area (Å²) >= 11 is 5.60. The van der Waals surface area contributed by atoms with E-state index < -0.39 is 11.4 Å². The van der Waals surface area contributed by atoms with Gasteiger partial charge in [0.05, 0.1) is 10.6 Å². The van der Waals surface area contributed by atoms with Crippen LogP contribution in [0.4, 0.5) is 4.39 Å². The molecule has 0 aliphatic rings. The topological polar surface area (TPSA) is 32.3 Å². The number of aliphatic hydroxyl groups is 1. The zero-order chi connectivity index (χ0) is 12.9. The number of rotatable bonds is 6. The van der Waals surface area contributed by atoms with Crippen molar-refractivity contribution in [1.82, 2.24) is 5.32 Å². The molecular weight excluding hydrogens is 241 g/mol. The van der Waals surface area contributed by atoms with Gasteiger partial charge in [0, 0.05) is 13.1 Å². The molecule has 0 aliphatic carbocycles. The Labute approximate surface area is 107 Å². The van der Waals surface area contributed by atoms with Gasteiger partial charge in [-0.1, -0.05) is 31.5 Å². The average molecular weight is 260 g/mol. The molecule has 1 aromatic carbocycles. The lowest BCUT2D eigenvalue weighted by molar-refractivity contribution is 0.0323. The highest BCUT2D eigenvalue weighted by Gasteiger charge is 2.21. The first-order valence-corrected chi connectivity index (χ1v) is 6.25. The highest BCUT2D eigenvalue weighted by atomic mass is 35.5. The molecule has 0 saturated carbocycles. The van der Waals surface area contributed by atoms with Crippen molar-refractivity contribution in [3.8, 4) is 0 Å². The molecule has 0 radical (unpaired) electrons. The maximum absolute atomic E-state index is 13.2. The summed E-state index contributed by atoms with van der Waals surface area (Å²) < 4.78 is 13.2. The summed E-state index contributed by atoms with van der Waals surface area (Å²) in [5.41, 5.74) is 0.145. The number of hydrogen-bond acceptors (Lipinski definition) is 2. The minimum absolute atomic E-state index is 0.132. The Kier molecular flexibility index (Phi) is 5.37. The molecule has 0 heterocycles. The summed E-state index contributed by atoms with van der Waals surface area (Å²) in [5, 5.41) is 13.3. The second-order valence-corrected chi connectivity index (χ2v) is 4.69. The summed E-state index contributed by atoms with van der Waals surface area (Å²) in [4.78, 5) is 0. The molecule has 0 atom stereocenters. The normalized spacial score (nSPS) is 11.8. The van der Waals surface area contributed by atoms with Crippen molar-refractivity contribution in [1.29, 1.82) is 0 Å². The van der Waals surface area contributed by atoms with E-state index in [0.717, 1.165) is 5.56 Å². The Balaban J connectivity index is 2.48. The van der Waals surface area contributed by atoms with Crippen LogP contribution in [-0.4, -0.2) is 17.3 Å². The molecule has 0 aliphatic heterocycles. The molecule has 2 nitrogen and oxygen atoms in total.